The van der Waals surface area contributed by atoms with Crippen molar-refractivity contribution >= 4 is 40.4 Å². The lowest BCUT2D eigenvalue weighted by Gasteiger charge is -2.13. The minimum atomic E-state index is -0.929. The van der Waals surface area contributed by atoms with Crippen molar-refractivity contribution in [1.82, 2.24) is 4.98 Å². The molecule has 0 aliphatic rings. The van der Waals surface area contributed by atoms with Crippen LogP contribution in [0.3, 0.4) is 0 Å². The molecule has 0 amide bonds. The Kier molecular flexibility index (Phi) is 5.60. The Labute approximate surface area is 164 Å². The summed E-state index contributed by atoms with van der Waals surface area (Å²) in [5, 5.41) is 24.1. The number of nitrogens with zero attached hydrogens (tertiary/aromatic N) is 2. The van der Waals surface area contributed by atoms with Crippen molar-refractivity contribution in [2.45, 2.75) is 12.5 Å². The van der Waals surface area contributed by atoms with Gasteiger partial charge in [-0.05, 0) is 29.0 Å². The number of fused-ring (bicyclic) bond motifs is 1. The molecule has 2 aromatic carbocycles. The van der Waals surface area contributed by atoms with E-state index in [4.69, 9.17) is 16.3 Å². The van der Waals surface area contributed by atoms with Crippen molar-refractivity contribution in [2.24, 2.45) is 4.99 Å². The second-order valence-electron chi connectivity index (χ2n) is 5.98. The molecule has 0 aliphatic carbocycles. The average molecular weight is 401 g/mol. The fraction of sp³-hybridized carbons (Fsp3) is 0.158. The number of carbonyl (C=O) groups excluding carboxylic acids is 1. The van der Waals surface area contributed by atoms with Gasteiger partial charge in [0.25, 0.3) is 5.69 Å². The summed E-state index contributed by atoms with van der Waals surface area (Å²) < 4.78 is 4.80. The van der Waals surface area contributed by atoms with Crippen LogP contribution < -0.4 is 5.11 Å². The van der Waals surface area contributed by atoms with Gasteiger partial charge in [0.2, 0.25) is 0 Å². The molecule has 3 aromatic rings. The van der Waals surface area contributed by atoms with E-state index in [1.807, 2.05) is 24.3 Å². The van der Waals surface area contributed by atoms with Crippen molar-refractivity contribution in [3.8, 4) is 5.75 Å². The molecule has 8 nitrogen and oxygen atoms in total. The maximum atomic E-state index is 12.2. The van der Waals surface area contributed by atoms with E-state index in [1.165, 1.54) is 13.2 Å². The Balaban J connectivity index is 1.94. The maximum absolute atomic E-state index is 12.2. The Morgan fingerprint density at radius 3 is 2.86 bits per heavy atom. The normalized spacial score (nSPS) is 12.4. The molecular formula is C19H15ClN3O5-. The van der Waals surface area contributed by atoms with Crippen LogP contribution in [-0.4, -0.2) is 35.2 Å². The number of aliphatic imine (C=N–C) groups is 1. The molecular weight excluding hydrogens is 386 g/mol. The summed E-state index contributed by atoms with van der Waals surface area (Å²) >= 11 is 5.85. The molecule has 144 valence electrons. The number of aromatic amines is 1. The fourth-order valence-corrected chi connectivity index (χ4v) is 3.06. The van der Waals surface area contributed by atoms with Gasteiger partial charge in [0.1, 0.15) is 0 Å². The van der Waals surface area contributed by atoms with Crippen LogP contribution >= 0.6 is 11.6 Å². The van der Waals surface area contributed by atoms with Crippen molar-refractivity contribution in [3.05, 3.63) is 68.9 Å². The number of methoxy groups -OCH3 is 1. The van der Waals surface area contributed by atoms with Crippen LogP contribution in [0.15, 0.2) is 47.6 Å². The molecule has 3 rings (SSSR count). The summed E-state index contributed by atoms with van der Waals surface area (Å²) in [7, 11) is 1.24. The Bertz CT molecular complexity index is 1080. The molecule has 9 heteroatoms. The zero-order valence-corrected chi connectivity index (χ0v) is 15.5. The lowest BCUT2D eigenvalue weighted by Crippen LogP contribution is -2.23. The SMILES string of the molecule is COC(=O)[C@@H](Cc1c[nH]c2ccccc12)N=Cc1cc(Cl)cc([N+](=O)[O-])c1[O-]. The van der Waals surface area contributed by atoms with Crippen LogP contribution in [0.25, 0.3) is 10.9 Å². The number of rotatable bonds is 6. The van der Waals surface area contributed by atoms with Crippen LogP contribution in [0, 0.1) is 10.1 Å². The zero-order chi connectivity index (χ0) is 20.3. The first-order valence-electron chi connectivity index (χ1n) is 8.21. The van der Waals surface area contributed by atoms with Gasteiger partial charge in [-0.2, -0.15) is 0 Å². The highest BCUT2D eigenvalue weighted by atomic mass is 35.5. The Morgan fingerprint density at radius 2 is 2.14 bits per heavy atom. The first-order chi connectivity index (χ1) is 13.4. The van der Waals surface area contributed by atoms with Gasteiger partial charge in [0.15, 0.2) is 6.04 Å². The van der Waals surface area contributed by atoms with Crippen LogP contribution in [0.4, 0.5) is 5.69 Å². The van der Waals surface area contributed by atoms with E-state index in [-0.39, 0.29) is 17.0 Å². The van der Waals surface area contributed by atoms with Gasteiger partial charge >= 0.3 is 5.97 Å². The Morgan fingerprint density at radius 1 is 1.39 bits per heavy atom. The smallest absolute Gasteiger partial charge is 0.330 e. The van der Waals surface area contributed by atoms with Gasteiger partial charge in [0, 0.05) is 40.8 Å². The summed E-state index contributed by atoms with van der Waals surface area (Å²) in [6.45, 7) is 0. The number of benzene rings is 2. The minimum Gasteiger partial charge on any atom is -0.867 e. The van der Waals surface area contributed by atoms with Crippen molar-refractivity contribution in [1.29, 1.82) is 0 Å². The second-order valence-corrected chi connectivity index (χ2v) is 6.42. The Hall–Kier alpha value is -3.39. The molecule has 1 aromatic heterocycles. The van der Waals surface area contributed by atoms with Gasteiger partial charge in [-0.15, -0.1) is 0 Å². The quantitative estimate of drug-likeness (QED) is 0.295. The van der Waals surface area contributed by atoms with Crippen LogP contribution in [0.1, 0.15) is 11.1 Å². The summed E-state index contributed by atoms with van der Waals surface area (Å²) in [4.78, 5) is 29.6. The molecule has 0 fully saturated rings. The molecule has 0 spiro atoms. The molecule has 1 atom stereocenters. The number of ether oxygens (including phenoxy) is 1. The number of nitro groups is 1. The highest BCUT2D eigenvalue weighted by Gasteiger charge is 2.20. The third-order valence-corrected chi connectivity index (χ3v) is 4.43. The van der Waals surface area contributed by atoms with Crippen LogP contribution in [0.5, 0.6) is 5.75 Å². The summed E-state index contributed by atoms with van der Waals surface area (Å²) in [6.07, 6.45) is 3.13. The molecule has 0 radical (unpaired) electrons. The number of hydrogen-bond acceptors (Lipinski definition) is 6. The summed E-state index contributed by atoms with van der Waals surface area (Å²) in [6, 6.07) is 8.90. The van der Waals surface area contributed by atoms with Crippen LogP contribution in [-0.2, 0) is 16.0 Å². The third-order valence-electron chi connectivity index (χ3n) is 4.21. The van der Waals surface area contributed by atoms with Gasteiger partial charge in [-0.3, -0.25) is 15.1 Å². The van der Waals surface area contributed by atoms with E-state index in [9.17, 15) is 20.0 Å². The lowest BCUT2D eigenvalue weighted by molar-refractivity contribution is -0.398. The van der Waals surface area contributed by atoms with Crippen LogP contribution in [0.2, 0.25) is 5.02 Å². The van der Waals surface area contributed by atoms with E-state index in [2.05, 4.69) is 9.98 Å². The number of nitro benzene ring substituents is 1. The largest absolute Gasteiger partial charge is 0.867 e. The lowest BCUT2D eigenvalue weighted by atomic mass is 10.1. The summed E-state index contributed by atoms with van der Waals surface area (Å²) in [5.41, 5.74) is 1.03. The molecule has 1 heterocycles. The maximum Gasteiger partial charge on any atom is 0.330 e. The molecule has 0 saturated carbocycles. The third kappa shape index (κ3) is 3.96. The highest BCUT2D eigenvalue weighted by Crippen LogP contribution is 2.30. The van der Waals surface area contributed by atoms with E-state index < -0.39 is 28.4 Å². The van der Waals surface area contributed by atoms with Gasteiger partial charge in [0.05, 0.1) is 12.0 Å². The number of nitrogens with one attached hydrogen (secondary N) is 1. The average Bonchev–Trinajstić information content (AvgIpc) is 3.09. The predicted octanol–water partition coefficient (Wildman–Crippen LogP) is 3.01. The van der Waals surface area contributed by atoms with Gasteiger partial charge in [-0.1, -0.05) is 29.8 Å². The number of aromatic nitrogens is 1. The molecule has 0 aliphatic heterocycles. The van der Waals surface area contributed by atoms with E-state index in [0.717, 1.165) is 28.7 Å². The second kappa shape index (κ2) is 8.10. The number of H-pyrrole nitrogens is 1. The minimum absolute atomic E-state index is 0.0268. The molecule has 28 heavy (non-hydrogen) atoms. The molecule has 1 N–H and O–H groups in total. The fourth-order valence-electron chi connectivity index (χ4n) is 2.84. The standard InChI is InChI=1S/C19H16ClN3O5/c1-28-19(25)16(7-11-9-21-15-5-3-2-4-14(11)15)22-10-12-6-13(20)8-17(18(12)24)23(26)27/h2-6,8-10,16,21,24H,7H2,1H3/p-1/t16-/m1/s1. The first-order valence-corrected chi connectivity index (χ1v) is 8.59. The molecule has 0 bridgehead atoms. The molecule has 0 unspecified atom stereocenters. The van der Waals surface area contributed by atoms with Crippen molar-refractivity contribution < 1.29 is 19.6 Å². The monoisotopic (exact) mass is 400 g/mol. The topological polar surface area (TPSA) is 121 Å². The number of para-hydroxylation sites is 1. The van der Waals surface area contributed by atoms with Gasteiger partial charge < -0.3 is 14.8 Å². The van der Waals surface area contributed by atoms with E-state index in [0.29, 0.717) is 0 Å². The van der Waals surface area contributed by atoms with Gasteiger partial charge in [-0.25, -0.2) is 4.79 Å². The predicted molar refractivity (Wildman–Crippen MR) is 103 cm³/mol. The first kappa shape index (κ1) is 19.4. The zero-order valence-electron chi connectivity index (χ0n) is 14.7. The summed E-state index contributed by atoms with van der Waals surface area (Å²) in [5.74, 6) is -1.42. The van der Waals surface area contributed by atoms with Crippen molar-refractivity contribution in [2.75, 3.05) is 7.11 Å². The number of hydrogen-bond donors (Lipinski definition) is 1. The number of esters is 1. The number of carbonyl (C=O) groups is 1. The van der Waals surface area contributed by atoms with E-state index in [1.54, 1.807) is 6.20 Å². The van der Waals surface area contributed by atoms with E-state index >= 15 is 0 Å². The number of halogens is 1. The highest BCUT2D eigenvalue weighted by molar-refractivity contribution is 6.31. The molecule has 0 saturated heterocycles. The van der Waals surface area contributed by atoms with Crippen molar-refractivity contribution in [3.63, 3.8) is 0 Å².